The lowest BCUT2D eigenvalue weighted by Gasteiger charge is -2.09. The van der Waals surface area contributed by atoms with Gasteiger partial charge in [-0.1, -0.05) is 24.3 Å². The Morgan fingerprint density at radius 2 is 1.76 bits per heavy atom. The standard InChI is InChI=1S/C17H14FN3/c18-14-9-8-12(10-4-1-2-5-11(10)14)17-20-15-7-3-6-13(15)16(19)21-17/h1-2,4-5,8-9H,3,6-7H2,(H2,19,20,21). The molecule has 104 valence electrons. The Morgan fingerprint density at radius 3 is 2.62 bits per heavy atom. The third-order valence-electron chi connectivity index (χ3n) is 4.08. The van der Waals surface area contributed by atoms with Crippen molar-refractivity contribution in [2.75, 3.05) is 5.73 Å². The maximum absolute atomic E-state index is 13.9. The van der Waals surface area contributed by atoms with Crippen LogP contribution in [-0.2, 0) is 12.8 Å². The minimum Gasteiger partial charge on any atom is -0.383 e. The Kier molecular flexibility index (Phi) is 2.64. The van der Waals surface area contributed by atoms with Crippen LogP contribution in [0.3, 0.4) is 0 Å². The largest absolute Gasteiger partial charge is 0.383 e. The highest BCUT2D eigenvalue weighted by atomic mass is 19.1. The van der Waals surface area contributed by atoms with E-state index in [1.807, 2.05) is 18.2 Å². The summed E-state index contributed by atoms with van der Waals surface area (Å²) < 4.78 is 13.9. The molecule has 0 radical (unpaired) electrons. The number of nitrogens with zero attached hydrogens (tertiary/aromatic N) is 2. The molecule has 3 aromatic rings. The summed E-state index contributed by atoms with van der Waals surface area (Å²) in [6.07, 6.45) is 2.96. The van der Waals surface area contributed by atoms with E-state index in [4.69, 9.17) is 5.73 Å². The first-order chi connectivity index (χ1) is 10.2. The lowest BCUT2D eigenvalue weighted by atomic mass is 10.0. The number of anilines is 1. The van der Waals surface area contributed by atoms with E-state index in [9.17, 15) is 4.39 Å². The van der Waals surface area contributed by atoms with Crippen LogP contribution in [0.4, 0.5) is 10.2 Å². The van der Waals surface area contributed by atoms with Gasteiger partial charge in [-0.15, -0.1) is 0 Å². The molecule has 0 atom stereocenters. The van der Waals surface area contributed by atoms with Crippen molar-refractivity contribution in [1.82, 2.24) is 9.97 Å². The maximum atomic E-state index is 13.9. The van der Waals surface area contributed by atoms with Crippen LogP contribution >= 0.6 is 0 Å². The predicted octanol–water partition coefficient (Wildman–Crippen LogP) is 3.51. The molecule has 0 saturated heterocycles. The van der Waals surface area contributed by atoms with Crippen molar-refractivity contribution < 1.29 is 4.39 Å². The third-order valence-corrected chi connectivity index (χ3v) is 4.08. The van der Waals surface area contributed by atoms with Gasteiger partial charge in [0.25, 0.3) is 0 Å². The molecule has 0 fully saturated rings. The summed E-state index contributed by atoms with van der Waals surface area (Å²) in [5, 5.41) is 1.40. The number of halogens is 1. The Balaban J connectivity index is 1.99. The maximum Gasteiger partial charge on any atom is 0.162 e. The normalized spacial score (nSPS) is 13.6. The number of rotatable bonds is 1. The minimum atomic E-state index is -0.233. The Morgan fingerprint density at radius 1 is 0.952 bits per heavy atom. The first-order valence-electron chi connectivity index (χ1n) is 7.07. The molecule has 21 heavy (non-hydrogen) atoms. The van der Waals surface area contributed by atoms with Gasteiger partial charge in [0.1, 0.15) is 11.6 Å². The van der Waals surface area contributed by atoms with E-state index in [1.54, 1.807) is 12.1 Å². The summed E-state index contributed by atoms with van der Waals surface area (Å²) in [6, 6.07) is 10.6. The van der Waals surface area contributed by atoms with Crippen LogP contribution in [0.2, 0.25) is 0 Å². The second kappa shape index (κ2) is 4.52. The summed E-state index contributed by atoms with van der Waals surface area (Å²) in [5.74, 6) is 0.911. The van der Waals surface area contributed by atoms with Gasteiger partial charge in [0.15, 0.2) is 5.82 Å². The van der Waals surface area contributed by atoms with Gasteiger partial charge < -0.3 is 5.73 Å². The van der Waals surface area contributed by atoms with E-state index in [-0.39, 0.29) is 5.82 Å². The van der Waals surface area contributed by atoms with Crippen molar-refractivity contribution in [3.63, 3.8) is 0 Å². The lowest BCUT2D eigenvalue weighted by molar-refractivity contribution is 0.640. The second-order valence-electron chi connectivity index (χ2n) is 5.35. The van der Waals surface area contributed by atoms with E-state index in [1.165, 1.54) is 6.07 Å². The van der Waals surface area contributed by atoms with Gasteiger partial charge in [-0.2, -0.15) is 0 Å². The number of hydrogen-bond acceptors (Lipinski definition) is 3. The highest BCUT2D eigenvalue weighted by Gasteiger charge is 2.19. The van der Waals surface area contributed by atoms with Gasteiger partial charge in [-0.3, -0.25) is 0 Å². The van der Waals surface area contributed by atoms with Crippen molar-refractivity contribution in [3.05, 3.63) is 53.5 Å². The van der Waals surface area contributed by atoms with E-state index in [0.717, 1.165) is 41.5 Å². The summed E-state index contributed by atoms with van der Waals surface area (Å²) in [4.78, 5) is 9.09. The molecule has 1 aliphatic carbocycles. The van der Waals surface area contributed by atoms with E-state index < -0.39 is 0 Å². The van der Waals surface area contributed by atoms with E-state index >= 15 is 0 Å². The average Bonchev–Trinajstić information content (AvgIpc) is 2.97. The molecule has 3 nitrogen and oxygen atoms in total. The highest BCUT2D eigenvalue weighted by Crippen LogP contribution is 2.31. The SMILES string of the molecule is Nc1nc(-c2ccc(F)c3ccccc23)nc2c1CCC2. The molecule has 0 spiro atoms. The summed E-state index contributed by atoms with van der Waals surface area (Å²) >= 11 is 0. The molecule has 4 rings (SSSR count). The van der Waals surface area contributed by atoms with Crippen molar-refractivity contribution in [1.29, 1.82) is 0 Å². The number of aromatic nitrogens is 2. The van der Waals surface area contributed by atoms with Gasteiger partial charge in [0.05, 0.1) is 0 Å². The number of fused-ring (bicyclic) bond motifs is 2. The van der Waals surface area contributed by atoms with Crippen molar-refractivity contribution in [2.45, 2.75) is 19.3 Å². The van der Waals surface area contributed by atoms with Crippen LogP contribution in [0.5, 0.6) is 0 Å². The molecule has 2 aromatic carbocycles. The van der Waals surface area contributed by atoms with Crippen molar-refractivity contribution >= 4 is 16.6 Å². The number of nitrogens with two attached hydrogens (primary N) is 1. The van der Waals surface area contributed by atoms with Gasteiger partial charge in [-0.25, -0.2) is 14.4 Å². The fourth-order valence-electron chi connectivity index (χ4n) is 3.04. The van der Waals surface area contributed by atoms with Gasteiger partial charge in [0, 0.05) is 22.2 Å². The van der Waals surface area contributed by atoms with Crippen LogP contribution in [0, 0.1) is 5.82 Å². The quantitative estimate of drug-likeness (QED) is 0.741. The van der Waals surface area contributed by atoms with Crippen LogP contribution in [0.25, 0.3) is 22.2 Å². The van der Waals surface area contributed by atoms with Crippen molar-refractivity contribution in [3.8, 4) is 11.4 Å². The van der Waals surface area contributed by atoms with Crippen LogP contribution in [0.1, 0.15) is 17.7 Å². The van der Waals surface area contributed by atoms with Gasteiger partial charge in [-0.05, 0) is 36.8 Å². The third kappa shape index (κ3) is 1.87. The van der Waals surface area contributed by atoms with Crippen LogP contribution in [-0.4, -0.2) is 9.97 Å². The molecule has 0 amide bonds. The number of aryl methyl sites for hydroxylation is 1. The first-order valence-corrected chi connectivity index (χ1v) is 7.07. The molecular weight excluding hydrogens is 265 g/mol. The Bertz CT molecular complexity index is 858. The smallest absolute Gasteiger partial charge is 0.162 e. The Hall–Kier alpha value is -2.49. The average molecular weight is 279 g/mol. The molecule has 0 aliphatic heterocycles. The predicted molar refractivity (Wildman–Crippen MR) is 81.4 cm³/mol. The zero-order chi connectivity index (χ0) is 14.4. The number of benzene rings is 2. The van der Waals surface area contributed by atoms with E-state index in [2.05, 4.69) is 9.97 Å². The molecule has 1 aliphatic rings. The molecule has 2 N–H and O–H groups in total. The molecule has 4 heteroatoms. The van der Waals surface area contributed by atoms with Crippen LogP contribution in [0.15, 0.2) is 36.4 Å². The van der Waals surface area contributed by atoms with Gasteiger partial charge >= 0.3 is 0 Å². The fraction of sp³-hybridized carbons (Fsp3) is 0.176. The molecule has 1 aromatic heterocycles. The summed E-state index contributed by atoms with van der Waals surface area (Å²) in [6.45, 7) is 0. The first kappa shape index (κ1) is 12.3. The monoisotopic (exact) mass is 279 g/mol. The second-order valence-corrected chi connectivity index (χ2v) is 5.35. The van der Waals surface area contributed by atoms with E-state index in [0.29, 0.717) is 17.0 Å². The molecule has 0 saturated carbocycles. The topological polar surface area (TPSA) is 51.8 Å². The fourth-order valence-corrected chi connectivity index (χ4v) is 3.04. The summed E-state index contributed by atoms with van der Waals surface area (Å²) in [7, 11) is 0. The number of nitrogen functional groups attached to an aromatic ring is 1. The van der Waals surface area contributed by atoms with Crippen molar-refractivity contribution in [2.24, 2.45) is 0 Å². The van der Waals surface area contributed by atoms with Crippen LogP contribution < -0.4 is 5.73 Å². The zero-order valence-corrected chi connectivity index (χ0v) is 11.4. The highest BCUT2D eigenvalue weighted by molar-refractivity contribution is 5.95. The Labute approximate surface area is 121 Å². The summed E-state index contributed by atoms with van der Waals surface area (Å²) in [5.41, 5.74) is 8.99. The zero-order valence-electron chi connectivity index (χ0n) is 11.4. The molecular formula is C17H14FN3. The minimum absolute atomic E-state index is 0.233. The molecule has 1 heterocycles. The lowest BCUT2D eigenvalue weighted by Crippen LogP contribution is -2.03. The van der Waals surface area contributed by atoms with Gasteiger partial charge in [0.2, 0.25) is 0 Å². The molecule has 0 bridgehead atoms. The molecule has 0 unspecified atom stereocenters. The number of hydrogen-bond donors (Lipinski definition) is 1.